The number of nitrogens with zero attached hydrogens (tertiary/aromatic N) is 2. The quantitative estimate of drug-likeness (QED) is 0.648. The molecule has 0 radical (unpaired) electrons. The maximum absolute atomic E-state index is 14.2. The highest BCUT2D eigenvalue weighted by Crippen LogP contribution is 2.32. The molecule has 9 heteroatoms. The van der Waals surface area contributed by atoms with Gasteiger partial charge in [0, 0.05) is 16.5 Å². The number of aromatic nitrogens is 1. The number of imide groups is 1. The van der Waals surface area contributed by atoms with Gasteiger partial charge in [0.25, 0.3) is 5.91 Å². The van der Waals surface area contributed by atoms with Crippen molar-refractivity contribution in [1.82, 2.24) is 15.2 Å². The second-order valence-electron chi connectivity index (χ2n) is 6.72. The highest BCUT2D eigenvalue weighted by molar-refractivity contribution is 7.13. The summed E-state index contributed by atoms with van der Waals surface area (Å²) in [4.78, 5) is 30.6. The normalized spacial score (nSPS) is 19.0. The average Bonchev–Trinajstić information content (AvgIpc) is 3.24. The number of hydrogen-bond acceptors (Lipinski definition) is 4. The van der Waals surface area contributed by atoms with E-state index in [1.165, 1.54) is 30.4 Å². The molecule has 1 aliphatic heterocycles. The number of nitrogens with one attached hydrogen (secondary N) is 1. The fraction of sp³-hybridized carbons (Fsp3) is 0.150. The van der Waals surface area contributed by atoms with Gasteiger partial charge in [-0.25, -0.2) is 22.9 Å². The molecule has 0 bridgehead atoms. The third-order valence-electron chi connectivity index (χ3n) is 4.71. The summed E-state index contributed by atoms with van der Waals surface area (Å²) in [5.74, 6) is -2.58. The number of benzene rings is 2. The third kappa shape index (κ3) is 3.38. The van der Waals surface area contributed by atoms with E-state index in [2.05, 4.69) is 10.3 Å². The van der Waals surface area contributed by atoms with Crippen LogP contribution in [-0.4, -0.2) is 21.8 Å². The van der Waals surface area contributed by atoms with Gasteiger partial charge in [-0.1, -0.05) is 0 Å². The van der Waals surface area contributed by atoms with Gasteiger partial charge in [0.2, 0.25) is 0 Å². The highest BCUT2D eigenvalue weighted by Gasteiger charge is 2.50. The number of amides is 3. The van der Waals surface area contributed by atoms with E-state index >= 15 is 0 Å². The first-order valence-electron chi connectivity index (χ1n) is 8.58. The first-order chi connectivity index (χ1) is 13.8. The molecule has 1 unspecified atom stereocenters. The minimum Gasteiger partial charge on any atom is -0.319 e. The molecule has 1 aliphatic rings. The van der Waals surface area contributed by atoms with Gasteiger partial charge in [-0.15, -0.1) is 11.3 Å². The van der Waals surface area contributed by atoms with Gasteiger partial charge in [0.15, 0.2) is 0 Å². The fourth-order valence-corrected chi connectivity index (χ4v) is 3.99. The van der Waals surface area contributed by atoms with Crippen LogP contribution >= 0.6 is 11.3 Å². The van der Waals surface area contributed by atoms with E-state index in [1.807, 2.05) is 0 Å². The second kappa shape index (κ2) is 7.00. The van der Waals surface area contributed by atoms with Crippen molar-refractivity contribution in [2.75, 3.05) is 0 Å². The summed E-state index contributed by atoms with van der Waals surface area (Å²) in [6, 6.07) is 7.80. The molecule has 0 saturated carbocycles. The Morgan fingerprint density at radius 2 is 1.76 bits per heavy atom. The highest BCUT2D eigenvalue weighted by atomic mass is 32.1. The van der Waals surface area contributed by atoms with Gasteiger partial charge in [0.1, 0.15) is 28.0 Å². The van der Waals surface area contributed by atoms with Crippen molar-refractivity contribution in [2.45, 2.75) is 19.0 Å². The van der Waals surface area contributed by atoms with Crippen molar-refractivity contribution in [1.29, 1.82) is 0 Å². The molecule has 2 aromatic carbocycles. The number of thiazole rings is 1. The van der Waals surface area contributed by atoms with E-state index in [1.54, 1.807) is 17.5 Å². The predicted molar refractivity (Wildman–Crippen MR) is 100 cm³/mol. The fourth-order valence-electron chi connectivity index (χ4n) is 3.17. The van der Waals surface area contributed by atoms with E-state index in [4.69, 9.17) is 0 Å². The molecule has 1 N–H and O–H groups in total. The molecule has 3 amide bonds. The van der Waals surface area contributed by atoms with Crippen LogP contribution < -0.4 is 5.32 Å². The van der Waals surface area contributed by atoms with Gasteiger partial charge in [-0.05, 0) is 49.4 Å². The van der Waals surface area contributed by atoms with E-state index in [-0.39, 0.29) is 17.9 Å². The smallest absolute Gasteiger partial charge is 0.319 e. The molecular formula is C20H14F3N3O2S. The molecule has 3 aromatic rings. The molecule has 29 heavy (non-hydrogen) atoms. The number of rotatable bonds is 4. The lowest BCUT2D eigenvalue weighted by atomic mass is 9.91. The standard InChI is InChI=1S/C20H14F3N3O2S/c1-20(15-8-13(22)6-7-16(15)23)18(27)26(19(28)25-20)9-14-10-29-17(24-14)11-2-4-12(21)5-3-11/h2-8,10H,9H2,1H3,(H,25,28). The van der Waals surface area contributed by atoms with Crippen LogP contribution in [0.4, 0.5) is 18.0 Å². The van der Waals surface area contributed by atoms with Crippen LogP contribution in [0.1, 0.15) is 18.2 Å². The zero-order chi connectivity index (χ0) is 20.8. The number of hydrogen-bond donors (Lipinski definition) is 1. The molecule has 1 saturated heterocycles. The van der Waals surface area contributed by atoms with Crippen LogP contribution in [0.3, 0.4) is 0 Å². The van der Waals surface area contributed by atoms with Gasteiger partial charge >= 0.3 is 6.03 Å². The first-order valence-corrected chi connectivity index (χ1v) is 9.46. The monoisotopic (exact) mass is 417 g/mol. The van der Waals surface area contributed by atoms with Crippen molar-refractivity contribution in [2.24, 2.45) is 0 Å². The SMILES string of the molecule is CC1(c2cc(F)ccc2F)NC(=O)N(Cc2csc(-c3ccc(F)cc3)n2)C1=O. The Morgan fingerprint density at radius 3 is 2.48 bits per heavy atom. The minimum absolute atomic E-state index is 0.130. The van der Waals surface area contributed by atoms with Crippen molar-refractivity contribution < 1.29 is 22.8 Å². The summed E-state index contributed by atoms with van der Waals surface area (Å²) in [7, 11) is 0. The summed E-state index contributed by atoms with van der Waals surface area (Å²) in [5.41, 5.74) is -0.823. The first kappa shape index (κ1) is 19.1. The topological polar surface area (TPSA) is 62.3 Å². The number of carbonyl (C=O) groups excluding carboxylic acids is 2. The van der Waals surface area contributed by atoms with Gasteiger partial charge in [-0.3, -0.25) is 9.69 Å². The molecule has 148 valence electrons. The van der Waals surface area contributed by atoms with Crippen molar-refractivity contribution in [3.63, 3.8) is 0 Å². The van der Waals surface area contributed by atoms with Crippen molar-refractivity contribution in [3.8, 4) is 10.6 Å². The molecule has 1 atom stereocenters. The minimum atomic E-state index is -1.72. The van der Waals surface area contributed by atoms with E-state index < -0.39 is 29.1 Å². The summed E-state index contributed by atoms with van der Waals surface area (Å²) in [6.45, 7) is 1.20. The Bertz CT molecular complexity index is 1120. The predicted octanol–water partition coefficient (Wildman–Crippen LogP) is 4.19. The molecule has 5 nitrogen and oxygen atoms in total. The molecule has 0 spiro atoms. The largest absolute Gasteiger partial charge is 0.325 e. The molecule has 1 aromatic heterocycles. The Hall–Kier alpha value is -3.20. The number of urea groups is 1. The van der Waals surface area contributed by atoms with E-state index in [9.17, 15) is 22.8 Å². The van der Waals surface area contributed by atoms with Gasteiger partial charge < -0.3 is 5.32 Å². The summed E-state index contributed by atoms with van der Waals surface area (Å²) >= 11 is 1.28. The van der Waals surface area contributed by atoms with E-state index in [0.29, 0.717) is 16.3 Å². The maximum Gasteiger partial charge on any atom is 0.325 e. The Balaban J connectivity index is 1.59. The third-order valence-corrected chi connectivity index (χ3v) is 5.65. The van der Waals surface area contributed by atoms with Crippen molar-refractivity contribution >= 4 is 23.3 Å². The van der Waals surface area contributed by atoms with Crippen molar-refractivity contribution in [3.05, 3.63) is 76.6 Å². The van der Waals surface area contributed by atoms with E-state index in [0.717, 1.165) is 23.1 Å². The summed E-state index contributed by atoms with van der Waals surface area (Å²) < 4.78 is 40.9. The zero-order valence-corrected chi connectivity index (χ0v) is 15.9. The Kier molecular flexibility index (Phi) is 4.62. The zero-order valence-electron chi connectivity index (χ0n) is 15.1. The Labute approximate surface area is 167 Å². The summed E-state index contributed by atoms with van der Waals surface area (Å²) in [6.07, 6.45) is 0. The summed E-state index contributed by atoms with van der Waals surface area (Å²) in [5, 5.41) is 4.73. The lowest BCUT2D eigenvalue weighted by Crippen LogP contribution is -2.41. The molecule has 2 heterocycles. The van der Waals surface area contributed by atoms with Crippen LogP contribution in [0, 0.1) is 17.5 Å². The maximum atomic E-state index is 14.2. The van der Waals surface area contributed by atoms with Crippen LogP contribution in [0.5, 0.6) is 0 Å². The molecule has 1 fully saturated rings. The second-order valence-corrected chi connectivity index (χ2v) is 7.58. The van der Waals surface area contributed by atoms with Crippen LogP contribution in [0.15, 0.2) is 47.8 Å². The Morgan fingerprint density at radius 1 is 1.07 bits per heavy atom. The van der Waals surface area contributed by atoms with Crippen LogP contribution in [-0.2, 0) is 16.9 Å². The molecule has 4 rings (SSSR count). The number of carbonyl (C=O) groups is 2. The van der Waals surface area contributed by atoms with Crippen LogP contribution in [0.2, 0.25) is 0 Å². The lowest BCUT2D eigenvalue weighted by Gasteiger charge is -2.22. The number of halogens is 3. The lowest BCUT2D eigenvalue weighted by molar-refractivity contribution is -0.131. The molecule has 0 aliphatic carbocycles. The molecular weight excluding hydrogens is 403 g/mol. The van der Waals surface area contributed by atoms with Gasteiger partial charge in [0.05, 0.1) is 12.2 Å². The average molecular weight is 417 g/mol. The van der Waals surface area contributed by atoms with Gasteiger partial charge in [-0.2, -0.15) is 0 Å². The van der Waals surface area contributed by atoms with Crippen LogP contribution in [0.25, 0.3) is 10.6 Å².